The number of methoxy groups -OCH3 is 1. The van der Waals surface area contributed by atoms with Crippen LogP contribution in [0, 0.1) is 0 Å². The second-order valence-electron chi connectivity index (χ2n) is 5.53. The molecule has 0 unspecified atom stereocenters. The Morgan fingerprint density at radius 1 is 1.12 bits per heavy atom. The van der Waals surface area contributed by atoms with Crippen LogP contribution in [0.3, 0.4) is 0 Å². The topological polar surface area (TPSA) is 52.8 Å². The molecule has 0 aliphatic carbocycles. The Morgan fingerprint density at radius 3 is 2.65 bits per heavy atom. The van der Waals surface area contributed by atoms with Crippen molar-refractivity contribution in [1.82, 2.24) is 4.57 Å². The van der Waals surface area contributed by atoms with E-state index < -0.39 is 0 Å². The minimum absolute atomic E-state index is 0.342. The molecule has 5 heteroatoms. The smallest absolute Gasteiger partial charge is 0.338 e. The number of rotatable bonds is 6. The van der Waals surface area contributed by atoms with Crippen molar-refractivity contribution in [2.75, 3.05) is 13.7 Å². The van der Waals surface area contributed by atoms with Crippen LogP contribution in [0.2, 0.25) is 0 Å². The molecule has 0 fully saturated rings. The Morgan fingerprint density at radius 2 is 1.92 bits per heavy atom. The lowest BCUT2D eigenvalue weighted by molar-refractivity contribution is 0.0526. The highest BCUT2D eigenvalue weighted by Gasteiger charge is 2.06. The normalized spacial score (nSPS) is 10.8. The Labute approximate surface area is 152 Å². The van der Waals surface area contributed by atoms with Crippen LogP contribution < -0.4 is 4.74 Å². The van der Waals surface area contributed by atoms with Crippen molar-refractivity contribution in [1.29, 1.82) is 0 Å². The minimum Gasteiger partial charge on any atom is -0.497 e. The van der Waals surface area contributed by atoms with Crippen molar-refractivity contribution >= 4 is 17.9 Å². The van der Waals surface area contributed by atoms with E-state index in [9.17, 15) is 4.79 Å². The molecule has 0 bridgehead atoms. The highest BCUT2D eigenvalue weighted by molar-refractivity contribution is 5.90. The van der Waals surface area contributed by atoms with Gasteiger partial charge >= 0.3 is 5.97 Å². The summed E-state index contributed by atoms with van der Waals surface area (Å²) < 4.78 is 12.2. The van der Waals surface area contributed by atoms with Gasteiger partial charge in [-0.3, -0.25) is 4.99 Å². The number of hydrogen-bond acceptors (Lipinski definition) is 4. The first-order chi connectivity index (χ1) is 12.7. The molecule has 0 radical (unpaired) electrons. The second kappa shape index (κ2) is 8.16. The van der Waals surface area contributed by atoms with Crippen molar-refractivity contribution in [3.63, 3.8) is 0 Å². The third-order valence-corrected chi connectivity index (χ3v) is 3.83. The minimum atomic E-state index is -0.342. The zero-order chi connectivity index (χ0) is 18.4. The van der Waals surface area contributed by atoms with E-state index in [2.05, 4.69) is 4.99 Å². The van der Waals surface area contributed by atoms with E-state index in [1.165, 1.54) is 0 Å². The summed E-state index contributed by atoms with van der Waals surface area (Å²) in [5.41, 5.74) is 3.12. The van der Waals surface area contributed by atoms with Crippen molar-refractivity contribution in [3.8, 4) is 11.4 Å². The van der Waals surface area contributed by atoms with E-state index >= 15 is 0 Å². The molecule has 3 rings (SSSR count). The summed E-state index contributed by atoms with van der Waals surface area (Å²) in [5, 5.41) is 0. The lowest BCUT2D eigenvalue weighted by Crippen LogP contribution is -2.03. The molecule has 0 amide bonds. The molecule has 0 saturated carbocycles. The van der Waals surface area contributed by atoms with Crippen LogP contribution in [0.25, 0.3) is 5.69 Å². The Balaban J connectivity index is 1.82. The molecule has 5 nitrogen and oxygen atoms in total. The number of nitrogens with zero attached hydrogens (tertiary/aromatic N) is 2. The maximum Gasteiger partial charge on any atom is 0.338 e. The first-order valence-corrected chi connectivity index (χ1v) is 8.34. The Bertz CT molecular complexity index is 911. The van der Waals surface area contributed by atoms with Crippen LogP contribution in [-0.4, -0.2) is 30.5 Å². The lowest BCUT2D eigenvalue weighted by atomic mass is 10.2. The summed E-state index contributed by atoms with van der Waals surface area (Å²) in [4.78, 5) is 16.3. The van der Waals surface area contributed by atoms with Crippen LogP contribution >= 0.6 is 0 Å². The van der Waals surface area contributed by atoms with Gasteiger partial charge in [-0.1, -0.05) is 6.07 Å². The highest BCUT2D eigenvalue weighted by Crippen LogP contribution is 2.18. The molecule has 1 aromatic heterocycles. The predicted octanol–water partition coefficient (Wildman–Crippen LogP) is 4.41. The number of aromatic nitrogens is 1. The first kappa shape index (κ1) is 17.5. The second-order valence-corrected chi connectivity index (χ2v) is 5.53. The fourth-order valence-corrected chi connectivity index (χ4v) is 2.55. The van der Waals surface area contributed by atoms with E-state index in [1.54, 1.807) is 38.4 Å². The molecule has 3 aromatic rings. The van der Waals surface area contributed by atoms with E-state index in [0.717, 1.165) is 17.1 Å². The molecule has 0 spiro atoms. The fourth-order valence-electron chi connectivity index (χ4n) is 2.55. The third-order valence-electron chi connectivity index (χ3n) is 3.83. The van der Waals surface area contributed by atoms with E-state index in [-0.39, 0.29) is 5.97 Å². The van der Waals surface area contributed by atoms with Crippen molar-refractivity contribution in [2.24, 2.45) is 4.99 Å². The summed E-state index contributed by atoms with van der Waals surface area (Å²) in [5.74, 6) is 0.470. The molecule has 1 heterocycles. The van der Waals surface area contributed by atoms with E-state index in [1.807, 2.05) is 53.2 Å². The quantitative estimate of drug-likeness (QED) is 0.490. The summed E-state index contributed by atoms with van der Waals surface area (Å²) in [7, 11) is 1.65. The van der Waals surface area contributed by atoms with Gasteiger partial charge in [0, 0.05) is 11.9 Å². The number of aliphatic imine (C=N–C) groups is 1. The molecule has 0 atom stereocenters. The number of benzene rings is 2. The standard InChI is InChI=1S/C21H20N2O3/c1-3-26-21(24)16-6-4-7-17(14-16)22-15-19-8-5-13-23(19)18-9-11-20(25-2)12-10-18/h4-15H,3H2,1-2H3. The summed E-state index contributed by atoms with van der Waals surface area (Å²) in [6.45, 7) is 2.13. The van der Waals surface area contributed by atoms with Gasteiger partial charge in [-0.15, -0.1) is 0 Å². The van der Waals surface area contributed by atoms with Gasteiger partial charge in [0.2, 0.25) is 0 Å². The molecule has 0 aliphatic heterocycles. The van der Waals surface area contributed by atoms with Crippen LogP contribution in [-0.2, 0) is 4.74 Å². The van der Waals surface area contributed by atoms with Crippen molar-refractivity contribution < 1.29 is 14.3 Å². The monoisotopic (exact) mass is 348 g/mol. The zero-order valence-electron chi connectivity index (χ0n) is 14.8. The molecular formula is C21H20N2O3. The molecule has 2 aromatic carbocycles. The van der Waals surface area contributed by atoms with Crippen molar-refractivity contribution in [2.45, 2.75) is 6.92 Å². The summed E-state index contributed by atoms with van der Waals surface area (Å²) >= 11 is 0. The van der Waals surface area contributed by atoms with Crippen molar-refractivity contribution in [3.05, 3.63) is 78.1 Å². The van der Waals surface area contributed by atoms with Crippen LogP contribution in [0.5, 0.6) is 5.75 Å². The van der Waals surface area contributed by atoms with Gasteiger partial charge in [0.1, 0.15) is 5.75 Å². The molecule has 0 aliphatic rings. The summed E-state index contributed by atoms with van der Waals surface area (Å²) in [6, 6.07) is 18.8. The van der Waals surface area contributed by atoms with Gasteiger partial charge < -0.3 is 14.0 Å². The number of hydrogen-bond donors (Lipinski definition) is 0. The van der Waals surface area contributed by atoms with Crippen LogP contribution in [0.15, 0.2) is 71.9 Å². The van der Waals surface area contributed by atoms with Gasteiger partial charge in [-0.05, 0) is 61.5 Å². The zero-order valence-corrected chi connectivity index (χ0v) is 14.8. The first-order valence-electron chi connectivity index (χ1n) is 8.34. The van der Waals surface area contributed by atoms with Gasteiger partial charge in [0.05, 0.1) is 36.9 Å². The van der Waals surface area contributed by atoms with E-state index in [4.69, 9.17) is 9.47 Å². The number of esters is 1. The number of carbonyl (C=O) groups is 1. The maximum absolute atomic E-state index is 11.8. The average molecular weight is 348 g/mol. The molecule has 132 valence electrons. The van der Waals surface area contributed by atoms with Gasteiger partial charge in [0.25, 0.3) is 0 Å². The van der Waals surface area contributed by atoms with Gasteiger partial charge in [-0.2, -0.15) is 0 Å². The highest BCUT2D eigenvalue weighted by atomic mass is 16.5. The lowest BCUT2D eigenvalue weighted by Gasteiger charge is -2.07. The number of ether oxygens (including phenoxy) is 2. The molecule has 0 saturated heterocycles. The van der Waals surface area contributed by atoms with Crippen LogP contribution in [0.1, 0.15) is 23.0 Å². The van der Waals surface area contributed by atoms with Crippen LogP contribution in [0.4, 0.5) is 5.69 Å². The Kier molecular flexibility index (Phi) is 5.49. The largest absolute Gasteiger partial charge is 0.497 e. The number of carbonyl (C=O) groups excluding carboxylic acids is 1. The van der Waals surface area contributed by atoms with Gasteiger partial charge in [0.15, 0.2) is 0 Å². The summed E-state index contributed by atoms with van der Waals surface area (Å²) in [6.07, 6.45) is 3.74. The Hall–Kier alpha value is -3.34. The molecular weight excluding hydrogens is 328 g/mol. The SMILES string of the molecule is CCOC(=O)c1cccc(N=Cc2cccn2-c2ccc(OC)cc2)c1. The van der Waals surface area contributed by atoms with E-state index in [0.29, 0.717) is 17.9 Å². The molecule has 0 N–H and O–H groups in total. The third kappa shape index (κ3) is 4.00. The molecule has 26 heavy (non-hydrogen) atoms. The maximum atomic E-state index is 11.8. The van der Waals surface area contributed by atoms with Gasteiger partial charge in [-0.25, -0.2) is 4.79 Å². The fraction of sp³-hybridized carbons (Fsp3) is 0.143. The average Bonchev–Trinajstić information content (AvgIpc) is 3.15. The predicted molar refractivity (Wildman–Crippen MR) is 102 cm³/mol.